The van der Waals surface area contributed by atoms with Gasteiger partial charge in [-0.2, -0.15) is 5.26 Å². The molecule has 140 valence electrons. The molecule has 1 aromatic heterocycles. The molecule has 0 aliphatic carbocycles. The van der Waals surface area contributed by atoms with Gasteiger partial charge in [0.2, 0.25) is 5.82 Å². The summed E-state index contributed by atoms with van der Waals surface area (Å²) in [5.74, 6) is -0.344. The average Bonchev–Trinajstić information content (AvgIpc) is 2.66. The minimum Gasteiger partial charge on any atom is -0.363 e. The number of aromatic nitrogens is 2. The zero-order valence-electron chi connectivity index (χ0n) is 15.9. The van der Waals surface area contributed by atoms with Gasteiger partial charge in [0.25, 0.3) is 5.91 Å². The summed E-state index contributed by atoms with van der Waals surface area (Å²) in [6, 6.07) is 13.2. The standard InChI is InChI=1S/C21H20N6O/c1-12-8-13(2)18(14(3)9-12)26-20-17(11-24-21(27-20)19(23)28)25-16-6-4-15(10-22)5-7-16/h4-9,11,25H,1-3H3,(H2,23,28)(H,24,26,27). The zero-order chi connectivity index (χ0) is 20.3. The summed E-state index contributed by atoms with van der Waals surface area (Å²) >= 11 is 0. The van der Waals surface area contributed by atoms with Crippen molar-refractivity contribution >= 4 is 28.8 Å². The molecule has 1 amide bonds. The number of carbonyl (C=O) groups is 1. The molecule has 0 spiro atoms. The van der Waals surface area contributed by atoms with Gasteiger partial charge in [-0.25, -0.2) is 9.97 Å². The Kier molecular flexibility index (Phi) is 5.23. The Bertz CT molecular complexity index is 1060. The highest BCUT2D eigenvalue weighted by molar-refractivity contribution is 5.90. The smallest absolute Gasteiger partial charge is 0.286 e. The fourth-order valence-corrected chi connectivity index (χ4v) is 2.97. The summed E-state index contributed by atoms with van der Waals surface area (Å²) in [5, 5.41) is 15.4. The lowest BCUT2D eigenvalue weighted by Gasteiger charge is -2.17. The number of aryl methyl sites for hydroxylation is 3. The van der Waals surface area contributed by atoms with E-state index in [0.717, 1.165) is 28.1 Å². The van der Waals surface area contributed by atoms with Crippen LogP contribution in [0.25, 0.3) is 0 Å². The largest absolute Gasteiger partial charge is 0.363 e. The van der Waals surface area contributed by atoms with Crippen molar-refractivity contribution in [3.8, 4) is 6.07 Å². The number of nitrogens with zero attached hydrogens (tertiary/aromatic N) is 3. The van der Waals surface area contributed by atoms with Crippen LogP contribution in [0, 0.1) is 32.1 Å². The van der Waals surface area contributed by atoms with E-state index in [-0.39, 0.29) is 5.82 Å². The van der Waals surface area contributed by atoms with Crippen LogP contribution in [0.5, 0.6) is 0 Å². The van der Waals surface area contributed by atoms with Gasteiger partial charge in [0.05, 0.1) is 17.8 Å². The van der Waals surface area contributed by atoms with E-state index >= 15 is 0 Å². The lowest BCUT2D eigenvalue weighted by molar-refractivity contribution is 0.0990. The van der Waals surface area contributed by atoms with Crippen LogP contribution in [-0.4, -0.2) is 15.9 Å². The molecule has 0 bridgehead atoms. The monoisotopic (exact) mass is 372 g/mol. The van der Waals surface area contributed by atoms with Crippen molar-refractivity contribution in [2.45, 2.75) is 20.8 Å². The van der Waals surface area contributed by atoms with E-state index in [1.54, 1.807) is 24.3 Å². The Morgan fingerprint density at radius 3 is 2.29 bits per heavy atom. The van der Waals surface area contributed by atoms with E-state index in [9.17, 15) is 4.79 Å². The Balaban J connectivity index is 2.01. The molecule has 28 heavy (non-hydrogen) atoms. The second-order valence-electron chi connectivity index (χ2n) is 6.53. The van der Waals surface area contributed by atoms with Gasteiger partial charge in [0, 0.05) is 11.4 Å². The van der Waals surface area contributed by atoms with Crippen LogP contribution >= 0.6 is 0 Å². The first-order valence-electron chi connectivity index (χ1n) is 8.66. The third kappa shape index (κ3) is 4.07. The summed E-state index contributed by atoms with van der Waals surface area (Å²) in [7, 11) is 0. The maximum absolute atomic E-state index is 11.5. The maximum Gasteiger partial charge on any atom is 0.286 e. The lowest BCUT2D eigenvalue weighted by atomic mass is 10.1. The molecule has 0 aliphatic heterocycles. The quantitative estimate of drug-likeness (QED) is 0.626. The third-order valence-electron chi connectivity index (χ3n) is 4.22. The predicted molar refractivity (Wildman–Crippen MR) is 109 cm³/mol. The number of hydrogen-bond donors (Lipinski definition) is 3. The van der Waals surface area contributed by atoms with Crippen LogP contribution < -0.4 is 16.4 Å². The molecule has 7 heteroatoms. The molecular weight excluding hydrogens is 352 g/mol. The van der Waals surface area contributed by atoms with Crippen LogP contribution in [0.15, 0.2) is 42.6 Å². The van der Waals surface area contributed by atoms with Crippen molar-refractivity contribution in [1.29, 1.82) is 5.26 Å². The fourth-order valence-electron chi connectivity index (χ4n) is 2.97. The van der Waals surface area contributed by atoms with Crippen molar-refractivity contribution < 1.29 is 4.79 Å². The van der Waals surface area contributed by atoms with Gasteiger partial charge in [-0.05, 0) is 56.2 Å². The summed E-state index contributed by atoms with van der Waals surface area (Å²) in [5.41, 5.74) is 11.4. The number of primary amides is 1. The van der Waals surface area contributed by atoms with Crippen molar-refractivity contribution in [2.75, 3.05) is 10.6 Å². The molecule has 1 heterocycles. The van der Waals surface area contributed by atoms with Gasteiger partial charge < -0.3 is 16.4 Å². The van der Waals surface area contributed by atoms with Crippen LogP contribution in [-0.2, 0) is 0 Å². The van der Waals surface area contributed by atoms with E-state index in [2.05, 4.69) is 38.8 Å². The number of nitriles is 1. The molecule has 0 radical (unpaired) electrons. The molecule has 0 unspecified atom stereocenters. The minimum absolute atomic E-state index is 0.0738. The number of nitrogens with one attached hydrogen (secondary N) is 2. The predicted octanol–water partition coefficient (Wildman–Crippen LogP) is 3.86. The van der Waals surface area contributed by atoms with Gasteiger partial charge >= 0.3 is 0 Å². The van der Waals surface area contributed by atoms with Crippen molar-refractivity contribution in [1.82, 2.24) is 9.97 Å². The van der Waals surface area contributed by atoms with Crippen molar-refractivity contribution in [3.05, 3.63) is 70.7 Å². The molecule has 0 atom stereocenters. The molecular formula is C21H20N6O. The van der Waals surface area contributed by atoms with Gasteiger partial charge in [-0.15, -0.1) is 0 Å². The van der Waals surface area contributed by atoms with E-state index < -0.39 is 5.91 Å². The molecule has 7 nitrogen and oxygen atoms in total. The van der Waals surface area contributed by atoms with E-state index in [1.165, 1.54) is 6.20 Å². The van der Waals surface area contributed by atoms with E-state index in [4.69, 9.17) is 11.0 Å². The summed E-state index contributed by atoms with van der Waals surface area (Å²) < 4.78 is 0. The molecule has 0 saturated heterocycles. The Labute approximate surface area is 163 Å². The second-order valence-corrected chi connectivity index (χ2v) is 6.53. The normalized spacial score (nSPS) is 10.2. The Morgan fingerprint density at radius 2 is 1.71 bits per heavy atom. The summed E-state index contributed by atoms with van der Waals surface area (Å²) in [6.07, 6.45) is 1.51. The zero-order valence-corrected chi connectivity index (χ0v) is 15.9. The first-order chi connectivity index (χ1) is 13.4. The molecule has 0 fully saturated rings. The second kappa shape index (κ2) is 7.76. The molecule has 4 N–H and O–H groups in total. The SMILES string of the molecule is Cc1cc(C)c(Nc2nc(C(N)=O)ncc2Nc2ccc(C#N)cc2)c(C)c1. The molecule has 2 aromatic carbocycles. The first kappa shape index (κ1) is 18.9. The average molecular weight is 372 g/mol. The maximum atomic E-state index is 11.5. The van der Waals surface area contributed by atoms with E-state index in [0.29, 0.717) is 17.1 Å². The summed E-state index contributed by atoms with van der Waals surface area (Å²) in [6.45, 7) is 6.05. The van der Waals surface area contributed by atoms with Crippen LogP contribution in [0.4, 0.5) is 22.9 Å². The first-order valence-corrected chi connectivity index (χ1v) is 8.66. The number of hydrogen-bond acceptors (Lipinski definition) is 6. The number of rotatable bonds is 5. The molecule has 3 rings (SSSR count). The van der Waals surface area contributed by atoms with Crippen LogP contribution in [0.1, 0.15) is 32.9 Å². The molecule has 0 aliphatic rings. The number of nitrogens with two attached hydrogens (primary N) is 1. The number of anilines is 4. The van der Waals surface area contributed by atoms with Crippen molar-refractivity contribution in [2.24, 2.45) is 5.73 Å². The van der Waals surface area contributed by atoms with Gasteiger partial charge in [0.15, 0.2) is 5.82 Å². The van der Waals surface area contributed by atoms with Gasteiger partial charge in [-0.3, -0.25) is 4.79 Å². The number of carbonyl (C=O) groups excluding carboxylic acids is 1. The molecule has 3 aromatic rings. The minimum atomic E-state index is -0.703. The lowest BCUT2D eigenvalue weighted by Crippen LogP contribution is -2.16. The fraction of sp³-hybridized carbons (Fsp3) is 0.143. The number of amides is 1. The summed E-state index contributed by atoms with van der Waals surface area (Å²) in [4.78, 5) is 19.9. The third-order valence-corrected chi connectivity index (χ3v) is 4.22. The Hall–Kier alpha value is -3.92. The highest BCUT2D eigenvalue weighted by Gasteiger charge is 2.14. The highest BCUT2D eigenvalue weighted by atomic mass is 16.1. The van der Waals surface area contributed by atoms with E-state index in [1.807, 2.05) is 20.8 Å². The van der Waals surface area contributed by atoms with Crippen LogP contribution in [0.2, 0.25) is 0 Å². The topological polar surface area (TPSA) is 117 Å². The van der Waals surface area contributed by atoms with Crippen molar-refractivity contribution in [3.63, 3.8) is 0 Å². The Morgan fingerprint density at radius 1 is 1.07 bits per heavy atom. The van der Waals surface area contributed by atoms with Gasteiger partial charge in [0.1, 0.15) is 5.69 Å². The van der Waals surface area contributed by atoms with Gasteiger partial charge in [-0.1, -0.05) is 17.7 Å². The number of benzene rings is 2. The molecule has 0 saturated carbocycles. The van der Waals surface area contributed by atoms with Crippen LogP contribution in [0.3, 0.4) is 0 Å². The highest BCUT2D eigenvalue weighted by Crippen LogP contribution is 2.30.